The number of hydrogen-bond acceptors (Lipinski definition) is 2. The molecule has 1 aliphatic rings. The van der Waals surface area contributed by atoms with E-state index in [1.807, 2.05) is 11.3 Å². The number of rotatable bonds is 2. The molecule has 2 unspecified atom stereocenters. The van der Waals surface area contributed by atoms with Crippen molar-refractivity contribution in [3.63, 3.8) is 0 Å². The van der Waals surface area contributed by atoms with Gasteiger partial charge in [0.25, 0.3) is 0 Å². The highest BCUT2D eigenvalue weighted by molar-refractivity contribution is 7.10. The zero-order valence-corrected chi connectivity index (χ0v) is 9.16. The van der Waals surface area contributed by atoms with Crippen LogP contribution in [-0.4, -0.2) is 13.1 Å². The lowest BCUT2D eigenvalue weighted by Crippen LogP contribution is -2.21. The van der Waals surface area contributed by atoms with Gasteiger partial charge in [-0.25, -0.2) is 0 Å². The van der Waals surface area contributed by atoms with Crippen LogP contribution >= 0.6 is 11.3 Å². The van der Waals surface area contributed by atoms with E-state index in [9.17, 15) is 0 Å². The molecule has 72 valence electrons. The van der Waals surface area contributed by atoms with Gasteiger partial charge in [0.15, 0.2) is 0 Å². The van der Waals surface area contributed by atoms with Crippen LogP contribution in [0.2, 0.25) is 0 Å². The fraction of sp³-hybridized carbons (Fsp3) is 0.636. The average Bonchev–Trinajstić information content (AvgIpc) is 2.71. The number of nitrogens with one attached hydrogen (secondary N) is 1. The van der Waals surface area contributed by atoms with E-state index in [2.05, 4.69) is 30.7 Å². The van der Waals surface area contributed by atoms with Gasteiger partial charge < -0.3 is 5.32 Å². The first-order chi connectivity index (χ1) is 6.31. The zero-order valence-electron chi connectivity index (χ0n) is 8.34. The summed E-state index contributed by atoms with van der Waals surface area (Å²) in [5.74, 6) is 0.831. The molecule has 0 radical (unpaired) electrons. The Balaban J connectivity index is 2.08. The van der Waals surface area contributed by atoms with E-state index in [0.717, 1.165) is 12.0 Å². The van der Waals surface area contributed by atoms with Crippen LogP contribution in [0.4, 0.5) is 0 Å². The third-order valence-corrected chi connectivity index (χ3v) is 4.29. The first-order valence-corrected chi connectivity index (χ1v) is 5.90. The summed E-state index contributed by atoms with van der Waals surface area (Å²) in [5.41, 5.74) is 1.49. The summed E-state index contributed by atoms with van der Waals surface area (Å²) < 4.78 is 0. The van der Waals surface area contributed by atoms with Gasteiger partial charge in [0, 0.05) is 10.9 Å². The molecule has 2 rings (SSSR count). The number of thiophene rings is 1. The maximum absolute atomic E-state index is 3.38. The molecule has 0 bridgehead atoms. The van der Waals surface area contributed by atoms with Gasteiger partial charge in [-0.1, -0.05) is 0 Å². The Hall–Kier alpha value is -0.340. The van der Waals surface area contributed by atoms with Crippen molar-refractivity contribution < 1.29 is 0 Å². The molecule has 1 N–H and O–H groups in total. The Morgan fingerprint density at radius 3 is 2.85 bits per heavy atom. The zero-order chi connectivity index (χ0) is 9.26. The maximum Gasteiger partial charge on any atom is 0.0106 e. The highest BCUT2D eigenvalue weighted by Crippen LogP contribution is 2.38. The van der Waals surface area contributed by atoms with Crippen LogP contribution in [0.15, 0.2) is 11.4 Å². The van der Waals surface area contributed by atoms with E-state index in [1.165, 1.54) is 24.8 Å². The summed E-state index contributed by atoms with van der Waals surface area (Å²) in [6, 6.07) is 3.00. The van der Waals surface area contributed by atoms with Crippen molar-refractivity contribution in [3.8, 4) is 0 Å². The van der Waals surface area contributed by atoms with Gasteiger partial charge >= 0.3 is 0 Å². The lowest BCUT2D eigenvalue weighted by atomic mass is 10.0. The SMILES string of the molecule is CNC1CCC(c2sccc2C)C1. The summed E-state index contributed by atoms with van der Waals surface area (Å²) >= 11 is 1.93. The molecule has 0 amide bonds. The fourth-order valence-corrected chi connectivity index (χ4v) is 3.36. The summed E-state index contributed by atoms with van der Waals surface area (Å²) in [6.07, 6.45) is 4.04. The maximum atomic E-state index is 3.38. The van der Waals surface area contributed by atoms with Gasteiger partial charge in [0.05, 0.1) is 0 Å². The minimum Gasteiger partial charge on any atom is -0.317 e. The van der Waals surface area contributed by atoms with Crippen molar-refractivity contribution in [3.05, 3.63) is 21.9 Å². The van der Waals surface area contributed by atoms with Crippen molar-refractivity contribution in [1.29, 1.82) is 0 Å². The van der Waals surface area contributed by atoms with Crippen LogP contribution in [0.25, 0.3) is 0 Å². The molecule has 1 aromatic heterocycles. The molecule has 1 nitrogen and oxygen atoms in total. The Morgan fingerprint density at radius 1 is 1.46 bits per heavy atom. The average molecular weight is 195 g/mol. The Morgan fingerprint density at radius 2 is 2.31 bits per heavy atom. The second-order valence-electron chi connectivity index (χ2n) is 3.96. The summed E-state index contributed by atoms with van der Waals surface area (Å²) in [5, 5.41) is 5.60. The minimum absolute atomic E-state index is 0.756. The smallest absolute Gasteiger partial charge is 0.0106 e. The Bertz CT molecular complexity index is 279. The van der Waals surface area contributed by atoms with Gasteiger partial charge in [0.1, 0.15) is 0 Å². The van der Waals surface area contributed by atoms with Gasteiger partial charge in [-0.15, -0.1) is 11.3 Å². The molecule has 1 heterocycles. The van der Waals surface area contributed by atoms with Gasteiger partial charge in [0.2, 0.25) is 0 Å². The first-order valence-electron chi connectivity index (χ1n) is 5.02. The molecule has 0 aliphatic heterocycles. The number of aryl methyl sites for hydroxylation is 1. The molecule has 2 atom stereocenters. The lowest BCUT2D eigenvalue weighted by molar-refractivity contribution is 0.573. The molecule has 0 spiro atoms. The summed E-state index contributed by atoms with van der Waals surface area (Å²) in [6.45, 7) is 2.23. The van der Waals surface area contributed by atoms with Crippen molar-refractivity contribution in [2.45, 2.75) is 38.1 Å². The van der Waals surface area contributed by atoms with E-state index >= 15 is 0 Å². The predicted octanol–water partition coefficient (Wildman–Crippen LogP) is 2.91. The second-order valence-corrected chi connectivity index (χ2v) is 4.91. The molecule has 1 aromatic rings. The molecule has 2 heteroatoms. The largest absolute Gasteiger partial charge is 0.317 e. The molecule has 1 aliphatic carbocycles. The van der Waals surface area contributed by atoms with Crippen LogP contribution in [-0.2, 0) is 0 Å². The molecular weight excluding hydrogens is 178 g/mol. The summed E-state index contributed by atoms with van der Waals surface area (Å²) in [7, 11) is 2.08. The predicted molar refractivity (Wildman–Crippen MR) is 58.5 cm³/mol. The second kappa shape index (κ2) is 3.81. The van der Waals surface area contributed by atoms with E-state index in [-0.39, 0.29) is 0 Å². The molecule has 13 heavy (non-hydrogen) atoms. The van der Waals surface area contributed by atoms with Crippen LogP contribution in [0.5, 0.6) is 0 Å². The molecular formula is C11H17NS. The van der Waals surface area contributed by atoms with Gasteiger partial charge in [-0.05, 0) is 56.2 Å². The van der Waals surface area contributed by atoms with Crippen molar-refractivity contribution in [2.75, 3.05) is 7.05 Å². The molecule has 0 aromatic carbocycles. The van der Waals surface area contributed by atoms with Crippen LogP contribution < -0.4 is 5.32 Å². The third kappa shape index (κ3) is 1.79. The van der Waals surface area contributed by atoms with Crippen LogP contribution in [0, 0.1) is 6.92 Å². The lowest BCUT2D eigenvalue weighted by Gasteiger charge is -2.09. The summed E-state index contributed by atoms with van der Waals surface area (Å²) in [4.78, 5) is 1.62. The molecule has 1 saturated carbocycles. The highest BCUT2D eigenvalue weighted by Gasteiger charge is 2.26. The quantitative estimate of drug-likeness (QED) is 0.765. The minimum atomic E-state index is 0.756. The van der Waals surface area contributed by atoms with Gasteiger partial charge in [-0.2, -0.15) is 0 Å². The van der Waals surface area contributed by atoms with Crippen molar-refractivity contribution in [1.82, 2.24) is 5.32 Å². The van der Waals surface area contributed by atoms with E-state index in [0.29, 0.717) is 0 Å². The van der Waals surface area contributed by atoms with Crippen molar-refractivity contribution >= 4 is 11.3 Å². The Kier molecular flexibility index (Phi) is 2.70. The van der Waals surface area contributed by atoms with Crippen molar-refractivity contribution in [2.24, 2.45) is 0 Å². The Labute approximate surface area is 84.2 Å². The molecule has 1 fully saturated rings. The topological polar surface area (TPSA) is 12.0 Å². The van der Waals surface area contributed by atoms with E-state index in [4.69, 9.17) is 0 Å². The van der Waals surface area contributed by atoms with E-state index in [1.54, 1.807) is 4.88 Å². The van der Waals surface area contributed by atoms with Crippen LogP contribution in [0.3, 0.4) is 0 Å². The first kappa shape index (κ1) is 9.22. The van der Waals surface area contributed by atoms with Crippen LogP contribution in [0.1, 0.15) is 35.6 Å². The monoisotopic (exact) mass is 195 g/mol. The standard InChI is InChI=1S/C11H17NS/c1-8-5-6-13-11(8)9-3-4-10(7-9)12-2/h5-6,9-10,12H,3-4,7H2,1-2H3. The highest BCUT2D eigenvalue weighted by atomic mass is 32.1. The fourth-order valence-electron chi connectivity index (χ4n) is 2.28. The normalized spacial score (nSPS) is 28.2. The number of hydrogen-bond donors (Lipinski definition) is 1. The molecule has 0 saturated heterocycles. The third-order valence-electron chi connectivity index (χ3n) is 3.11. The van der Waals surface area contributed by atoms with Gasteiger partial charge in [-0.3, -0.25) is 0 Å². The van der Waals surface area contributed by atoms with E-state index < -0.39 is 0 Å².